The smallest absolute Gasteiger partial charge is 0.140 e. The molecule has 21 heavy (non-hydrogen) atoms. The van der Waals surface area contributed by atoms with Gasteiger partial charge >= 0.3 is 0 Å². The molecule has 1 atom stereocenters. The van der Waals surface area contributed by atoms with E-state index in [4.69, 9.17) is 4.74 Å². The average Bonchev–Trinajstić information content (AvgIpc) is 2.91. The van der Waals surface area contributed by atoms with Crippen molar-refractivity contribution in [2.45, 2.75) is 78.1 Å². The van der Waals surface area contributed by atoms with Gasteiger partial charge in [0.05, 0.1) is 12.1 Å². The zero-order valence-electron chi connectivity index (χ0n) is 13.9. The van der Waals surface area contributed by atoms with Gasteiger partial charge in [0.2, 0.25) is 0 Å². The summed E-state index contributed by atoms with van der Waals surface area (Å²) in [5, 5.41) is 7.98. The first-order valence-corrected chi connectivity index (χ1v) is 8.32. The van der Waals surface area contributed by atoms with Crippen molar-refractivity contribution in [1.29, 1.82) is 0 Å². The Morgan fingerprint density at radius 3 is 2.86 bits per heavy atom. The van der Waals surface area contributed by atoms with Crippen molar-refractivity contribution in [2.24, 2.45) is 5.92 Å². The van der Waals surface area contributed by atoms with Crippen LogP contribution >= 0.6 is 0 Å². The molecule has 1 aromatic heterocycles. The lowest BCUT2D eigenvalue weighted by Crippen LogP contribution is -2.46. The van der Waals surface area contributed by atoms with Gasteiger partial charge in [-0.2, -0.15) is 5.10 Å². The van der Waals surface area contributed by atoms with Gasteiger partial charge in [0.15, 0.2) is 0 Å². The Morgan fingerprint density at radius 2 is 2.19 bits per heavy atom. The molecule has 1 fully saturated rings. The van der Waals surface area contributed by atoms with E-state index in [9.17, 15) is 0 Å². The summed E-state index contributed by atoms with van der Waals surface area (Å²) >= 11 is 0. The van der Waals surface area contributed by atoms with Crippen molar-refractivity contribution in [3.05, 3.63) is 12.2 Å². The fraction of sp³-hybridized carbons (Fsp3) is 0.875. The summed E-state index contributed by atoms with van der Waals surface area (Å²) in [5.74, 6) is 1.62. The highest BCUT2D eigenvalue weighted by Gasteiger charge is 2.34. The fourth-order valence-electron chi connectivity index (χ4n) is 3.10. The van der Waals surface area contributed by atoms with E-state index in [0.29, 0.717) is 12.0 Å². The van der Waals surface area contributed by atoms with Crippen molar-refractivity contribution in [1.82, 2.24) is 20.1 Å². The van der Waals surface area contributed by atoms with E-state index < -0.39 is 0 Å². The van der Waals surface area contributed by atoms with Crippen LogP contribution in [0, 0.1) is 5.92 Å². The number of aromatic nitrogens is 3. The zero-order valence-corrected chi connectivity index (χ0v) is 13.9. The Kier molecular flexibility index (Phi) is 5.76. The van der Waals surface area contributed by atoms with Gasteiger partial charge in [-0.1, -0.05) is 27.7 Å². The lowest BCUT2D eigenvalue weighted by atomic mass is 9.86. The predicted octanol–water partition coefficient (Wildman–Crippen LogP) is 2.76. The quantitative estimate of drug-likeness (QED) is 0.840. The Hall–Kier alpha value is -0.940. The van der Waals surface area contributed by atoms with Crippen molar-refractivity contribution in [3.8, 4) is 0 Å². The molecule has 0 spiro atoms. The second-order valence-corrected chi connectivity index (χ2v) is 6.56. The van der Waals surface area contributed by atoms with Crippen LogP contribution in [-0.2, 0) is 17.8 Å². The second kappa shape index (κ2) is 7.36. The first kappa shape index (κ1) is 16.4. The number of rotatable bonds is 7. The molecule has 1 saturated heterocycles. The SMILES string of the molecule is CCC1(CC)CC(NCc2ncnn2CC(C)C)CCO1. The van der Waals surface area contributed by atoms with Gasteiger partial charge in [-0.15, -0.1) is 0 Å². The Labute approximate surface area is 128 Å². The van der Waals surface area contributed by atoms with Gasteiger partial charge in [0, 0.05) is 19.2 Å². The minimum absolute atomic E-state index is 0.0710. The molecular weight excluding hydrogens is 264 g/mol. The van der Waals surface area contributed by atoms with Crippen LogP contribution in [0.3, 0.4) is 0 Å². The molecule has 5 heteroatoms. The van der Waals surface area contributed by atoms with E-state index in [2.05, 4.69) is 43.1 Å². The molecule has 0 amide bonds. The Bertz CT molecular complexity index is 426. The highest BCUT2D eigenvalue weighted by atomic mass is 16.5. The van der Waals surface area contributed by atoms with Crippen LogP contribution in [0.15, 0.2) is 6.33 Å². The van der Waals surface area contributed by atoms with E-state index in [1.807, 2.05) is 4.68 Å². The molecule has 0 aliphatic carbocycles. The van der Waals surface area contributed by atoms with Gasteiger partial charge < -0.3 is 10.1 Å². The molecule has 1 unspecified atom stereocenters. The van der Waals surface area contributed by atoms with Crippen LogP contribution in [0.2, 0.25) is 0 Å². The summed E-state index contributed by atoms with van der Waals surface area (Å²) in [6.45, 7) is 11.4. The Balaban J connectivity index is 1.89. The van der Waals surface area contributed by atoms with E-state index in [0.717, 1.165) is 51.2 Å². The van der Waals surface area contributed by atoms with Crippen molar-refractivity contribution in [3.63, 3.8) is 0 Å². The maximum atomic E-state index is 6.03. The van der Waals surface area contributed by atoms with Crippen molar-refractivity contribution < 1.29 is 4.74 Å². The average molecular weight is 294 g/mol. The number of hydrogen-bond acceptors (Lipinski definition) is 4. The van der Waals surface area contributed by atoms with Gasteiger partial charge in [0.1, 0.15) is 12.2 Å². The van der Waals surface area contributed by atoms with Crippen LogP contribution < -0.4 is 5.32 Å². The molecule has 0 radical (unpaired) electrons. The molecule has 0 aromatic carbocycles. The summed E-state index contributed by atoms with van der Waals surface area (Å²) in [6.07, 6.45) is 6.01. The third-order valence-corrected chi connectivity index (χ3v) is 4.56. The predicted molar refractivity (Wildman–Crippen MR) is 84.0 cm³/mol. The molecule has 0 bridgehead atoms. The van der Waals surface area contributed by atoms with Gasteiger partial charge in [-0.05, 0) is 31.6 Å². The number of nitrogens with one attached hydrogen (secondary N) is 1. The highest BCUT2D eigenvalue weighted by molar-refractivity contribution is 4.91. The summed E-state index contributed by atoms with van der Waals surface area (Å²) in [6, 6.07) is 0.517. The number of ether oxygens (including phenoxy) is 1. The topological polar surface area (TPSA) is 52.0 Å². The maximum Gasteiger partial charge on any atom is 0.140 e. The van der Waals surface area contributed by atoms with E-state index >= 15 is 0 Å². The van der Waals surface area contributed by atoms with E-state index in [1.165, 1.54) is 0 Å². The molecule has 1 aromatic rings. The summed E-state index contributed by atoms with van der Waals surface area (Å²) < 4.78 is 8.05. The molecule has 2 rings (SSSR count). The van der Waals surface area contributed by atoms with Gasteiger partial charge in [-0.3, -0.25) is 0 Å². The third-order valence-electron chi connectivity index (χ3n) is 4.56. The molecule has 1 aliphatic heterocycles. The summed E-state index contributed by atoms with van der Waals surface area (Å²) in [5.41, 5.74) is 0.0710. The third kappa shape index (κ3) is 4.27. The lowest BCUT2D eigenvalue weighted by molar-refractivity contribution is -0.0932. The summed E-state index contributed by atoms with van der Waals surface area (Å²) in [4.78, 5) is 4.39. The van der Waals surface area contributed by atoms with Crippen LogP contribution in [0.5, 0.6) is 0 Å². The molecule has 1 aliphatic rings. The van der Waals surface area contributed by atoms with Crippen molar-refractivity contribution in [2.75, 3.05) is 6.61 Å². The first-order chi connectivity index (χ1) is 10.1. The van der Waals surface area contributed by atoms with Gasteiger partial charge in [-0.25, -0.2) is 9.67 Å². The minimum Gasteiger partial charge on any atom is -0.375 e. The molecular formula is C16H30N4O. The van der Waals surface area contributed by atoms with Crippen LogP contribution in [-0.4, -0.2) is 33.0 Å². The number of hydrogen-bond donors (Lipinski definition) is 1. The molecule has 5 nitrogen and oxygen atoms in total. The van der Waals surface area contributed by atoms with Crippen LogP contribution in [0.25, 0.3) is 0 Å². The number of nitrogens with zero attached hydrogens (tertiary/aromatic N) is 3. The molecule has 2 heterocycles. The minimum atomic E-state index is 0.0710. The fourth-order valence-corrected chi connectivity index (χ4v) is 3.10. The Morgan fingerprint density at radius 1 is 1.43 bits per heavy atom. The summed E-state index contributed by atoms with van der Waals surface area (Å²) in [7, 11) is 0. The molecule has 0 saturated carbocycles. The van der Waals surface area contributed by atoms with Crippen LogP contribution in [0.1, 0.15) is 59.2 Å². The monoisotopic (exact) mass is 294 g/mol. The second-order valence-electron chi connectivity index (χ2n) is 6.56. The van der Waals surface area contributed by atoms with E-state index in [1.54, 1.807) is 6.33 Å². The maximum absolute atomic E-state index is 6.03. The lowest BCUT2D eigenvalue weighted by Gasteiger charge is -2.40. The first-order valence-electron chi connectivity index (χ1n) is 8.32. The van der Waals surface area contributed by atoms with Gasteiger partial charge in [0.25, 0.3) is 0 Å². The van der Waals surface area contributed by atoms with Crippen LogP contribution in [0.4, 0.5) is 0 Å². The van der Waals surface area contributed by atoms with E-state index in [-0.39, 0.29) is 5.60 Å². The zero-order chi connectivity index (χ0) is 15.3. The standard InChI is InChI=1S/C16H30N4O/c1-5-16(6-2)9-14(7-8-21-16)17-10-15-18-12-19-20(15)11-13(3)4/h12-14,17H,5-11H2,1-4H3. The molecule has 1 N–H and O–H groups in total. The highest BCUT2D eigenvalue weighted by Crippen LogP contribution is 2.31. The largest absolute Gasteiger partial charge is 0.375 e. The normalized spacial score (nSPS) is 21.9. The van der Waals surface area contributed by atoms with Crippen molar-refractivity contribution >= 4 is 0 Å². The molecule has 120 valence electrons.